The van der Waals surface area contributed by atoms with E-state index in [0.717, 1.165) is 0 Å². The maximum absolute atomic E-state index is 12.7. The minimum atomic E-state index is -3.74. The van der Waals surface area contributed by atoms with Crippen molar-refractivity contribution < 1.29 is 22.7 Å². The second-order valence-electron chi connectivity index (χ2n) is 4.90. The van der Waals surface area contributed by atoms with Gasteiger partial charge in [-0.3, -0.25) is 4.79 Å². The fraction of sp³-hybridized carbons (Fsp3) is 0.188. The van der Waals surface area contributed by atoms with E-state index in [1.807, 2.05) is 0 Å². The van der Waals surface area contributed by atoms with E-state index in [-0.39, 0.29) is 10.5 Å². The van der Waals surface area contributed by atoms with Crippen LogP contribution in [0, 0.1) is 0 Å². The third kappa shape index (κ3) is 1.99. The third-order valence-corrected chi connectivity index (χ3v) is 5.79. The number of hydrogen-bond acceptors (Lipinski definition) is 5. The van der Waals surface area contributed by atoms with Gasteiger partial charge in [-0.2, -0.15) is 0 Å². The van der Waals surface area contributed by atoms with E-state index in [0.29, 0.717) is 17.1 Å². The lowest BCUT2D eigenvalue weighted by atomic mass is 10.0. The summed E-state index contributed by atoms with van der Waals surface area (Å²) in [4.78, 5) is 12.6. The van der Waals surface area contributed by atoms with E-state index in [1.54, 1.807) is 24.3 Å². The lowest BCUT2D eigenvalue weighted by molar-refractivity contribution is 0.0990. The molecule has 1 aliphatic heterocycles. The van der Waals surface area contributed by atoms with E-state index in [4.69, 9.17) is 9.47 Å². The monoisotopic (exact) mass is 318 g/mol. The van der Waals surface area contributed by atoms with Crippen molar-refractivity contribution in [2.45, 2.75) is 10.1 Å². The number of ether oxygens (including phenoxy) is 2. The van der Waals surface area contributed by atoms with Crippen LogP contribution in [-0.2, 0) is 9.84 Å². The molecule has 0 saturated carbocycles. The van der Waals surface area contributed by atoms with E-state index in [9.17, 15) is 13.2 Å². The molecule has 3 rings (SSSR count). The Bertz CT molecular complexity index is 855. The fourth-order valence-corrected chi connectivity index (χ4v) is 4.58. The van der Waals surface area contributed by atoms with Crippen LogP contribution in [0.4, 0.5) is 0 Å². The van der Waals surface area contributed by atoms with Crippen LogP contribution in [0.1, 0.15) is 21.2 Å². The van der Waals surface area contributed by atoms with E-state index < -0.39 is 20.9 Å². The Morgan fingerprint density at radius 3 is 2.27 bits per heavy atom. The van der Waals surface area contributed by atoms with Gasteiger partial charge < -0.3 is 9.47 Å². The maximum atomic E-state index is 12.7. The van der Waals surface area contributed by atoms with Crippen molar-refractivity contribution in [1.29, 1.82) is 0 Å². The van der Waals surface area contributed by atoms with Gasteiger partial charge in [0.1, 0.15) is 0 Å². The quantitative estimate of drug-likeness (QED) is 0.869. The van der Waals surface area contributed by atoms with Crippen LogP contribution in [0.2, 0.25) is 0 Å². The molecule has 0 amide bonds. The predicted molar refractivity (Wildman–Crippen MR) is 80.2 cm³/mol. The summed E-state index contributed by atoms with van der Waals surface area (Å²) in [7, 11) is -0.789. The Morgan fingerprint density at radius 1 is 0.955 bits per heavy atom. The highest BCUT2D eigenvalue weighted by Crippen LogP contribution is 2.42. The number of rotatable bonds is 3. The summed E-state index contributed by atoms with van der Waals surface area (Å²) in [6, 6.07) is 11.0. The summed E-state index contributed by atoms with van der Waals surface area (Å²) in [6.07, 6.45) is 0. The van der Waals surface area contributed by atoms with Gasteiger partial charge in [0.15, 0.2) is 32.4 Å². The molecule has 5 nitrogen and oxygen atoms in total. The lowest BCUT2D eigenvalue weighted by Crippen LogP contribution is -2.14. The molecule has 1 unspecified atom stereocenters. The molecular formula is C16H14O5S. The zero-order chi connectivity index (χ0) is 15.9. The summed E-state index contributed by atoms with van der Waals surface area (Å²) in [5.41, 5.74) is 0.612. The first-order chi connectivity index (χ1) is 10.5. The van der Waals surface area contributed by atoms with Gasteiger partial charge in [0.25, 0.3) is 0 Å². The topological polar surface area (TPSA) is 69.7 Å². The van der Waals surface area contributed by atoms with Gasteiger partial charge in [0.05, 0.1) is 19.1 Å². The van der Waals surface area contributed by atoms with Crippen LogP contribution in [0.5, 0.6) is 11.5 Å². The van der Waals surface area contributed by atoms with Crippen molar-refractivity contribution in [3.63, 3.8) is 0 Å². The number of carbonyl (C=O) groups excluding carboxylic acids is 1. The Hall–Kier alpha value is -2.34. The largest absolute Gasteiger partial charge is 0.493 e. The molecule has 2 aromatic rings. The minimum Gasteiger partial charge on any atom is -0.493 e. The maximum Gasteiger partial charge on any atom is 0.193 e. The van der Waals surface area contributed by atoms with E-state index >= 15 is 0 Å². The predicted octanol–water partition coefficient (Wildman–Crippen LogP) is 2.42. The number of methoxy groups -OCH3 is 2. The summed E-state index contributed by atoms with van der Waals surface area (Å²) >= 11 is 0. The Morgan fingerprint density at radius 2 is 1.64 bits per heavy atom. The SMILES string of the molecule is COc1ccc(C2C(=O)c3ccccc3S2(=O)=O)cc1OC. The first kappa shape index (κ1) is 14.6. The first-order valence-corrected chi connectivity index (χ1v) is 8.14. The molecule has 0 bridgehead atoms. The van der Waals surface area contributed by atoms with Crippen molar-refractivity contribution in [3.05, 3.63) is 53.6 Å². The highest BCUT2D eigenvalue weighted by molar-refractivity contribution is 7.93. The number of benzene rings is 2. The number of carbonyl (C=O) groups is 1. The molecule has 0 aromatic heterocycles. The third-order valence-electron chi connectivity index (χ3n) is 3.72. The zero-order valence-corrected chi connectivity index (χ0v) is 12.9. The summed E-state index contributed by atoms with van der Waals surface area (Å²) in [5.74, 6) is 0.452. The molecular weight excluding hydrogens is 304 g/mol. The van der Waals surface area contributed by atoms with Crippen molar-refractivity contribution in [3.8, 4) is 11.5 Å². The Kier molecular flexibility index (Phi) is 3.41. The van der Waals surface area contributed by atoms with Gasteiger partial charge in [-0.1, -0.05) is 24.3 Å². The van der Waals surface area contributed by atoms with Gasteiger partial charge in [0, 0.05) is 5.56 Å². The standard InChI is InChI=1S/C16H14O5S/c1-20-12-8-7-10(9-13(12)21-2)16-15(17)11-5-3-4-6-14(11)22(16,18)19/h3-9,16H,1-2H3. The van der Waals surface area contributed by atoms with Crippen LogP contribution in [0.15, 0.2) is 47.4 Å². The van der Waals surface area contributed by atoms with E-state index in [2.05, 4.69) is 0 Å². The van der Waals surface area contributed by atoms with Crippen LogP contribution < -0.4 is 9.47 Å². The molecule has 0 N–H and O–H groups in total. The fourth-order valence-electron chi connectivity index (χ4n) is 2.67. The lowest BCUT2D eigenvalue weighted by Gasteiger charge is -2.13. The molecule has 0 saturated heterocycles. The molecule has 0 aliphatic carbocycles. The van der Waals surface area contributed by atoms with Gasteiger partial charge in [-0.25, -0.2) is 8.42 Å². The van der Waals surface area contributed by atoms with Gasteiger partial charge in [0.2, 0.25) is 0 Å². The second-order valence-corrected chi connectivity index (χ2v) is 6.90. The summed E-state index contributed by atoms with van der Waals surface area (Å²) in [6.45, 7) is 0. The number of Topliss-reactive ketones (excluding diaryl/α,β-unsaturated/α-hetero) is 1. The number of hydrogen-bond donors (Lipinski definition) is 0. The zero-order valence-electron chi connectivity index (χ0n) is 12.1. The average molecular weight is 318 g/mol. The van der Waals surface area contributed by atoms with Crippen molar-refractivity contribution >= 4 is 15.6 Å². The van der Waals surface area contributed by atoms with Gasteiger partial charge >= 0.3 is 0 Å². The number of ketones is 1. The highest BCUT2D eigenvalue weighted by atomic mass is 32.2. The van der Waals surface area contributed by atoms with Crippen LogP contribution in [-0.4, -0.2) is 28.4 Å². The van der Waals surface area contributed by atoms with Crippen LogP contribution in [0.3, 0.4) is 0 Å². The summed E-state index contributed by atoms with van der Waals surface area (Å²) < 4.78 is 35.6. The molecule has 1 heterocycles. The van der Waals surface area contributed by atoms with Crippen molar-refractivity contribution in [2.24, 2.45) is 0 Å². The molecule has 114 valence electrons. The first-order valence-electron chi connectivity index (χ1n) is 6.59. The number of fused-ring (bicyclic) bond motifs is 1. The summed E-state index contributed by atoms with van der Waals surface area (Å²) in [5, 5.41) is -1.23. The highest BCUT2D eigenvalue weighted by Gasteiger charge is 2.45. The molecule has 0 radical (unpaired) electrons. The molecule has 0 spiro atoms. The molecule has 0 fully saturated rings. The van der Waals surface area contributed by atoms with Crippen molar-refractivity contribution in [1.82, 2.24) is 0 Å². The van der Waals surface area contributed by atoms with Gasteiger partial charge in [-0.15, -0.1) is 0 Å². The molecule has 1 aliphatic rings. The Balaban J connectivity index is 2.16. The molecule has 6 heteroatoms. The molecule has 1 atom stereocenters. The number of sulfone groups is 1. The normalized spacial score (nSPS) is 18.8. The minimum absolute atomic E-state index is 0.0831. The molecule has 22 heavy (non-hydrogen) atoms. The van der Waals surface area contributed by atoms with E-state index in [1.165, 1.54) is 32.4 Å². The second kappa shape index (κ2) is 5.14. The van der Waals surface area contributed by atoms with Crippen molar-refractivity contribution in [2.75, 3.05) is 14.2 Å². The Labute approximate surface area is 128 Å². The van der Waals surface area contributed by atoms with Crippen LogP contribution in [0.25, 0.3) is 0 Å². The average Bonchev–Trinajstić information content (AvgIpc) is 2.74. The smallest absolute Gasteiger partial charge is 0.193 e. The van der Waals surface area contributed by atoms with Crippen LogP contribution >= 0.6 is 0 Å². The molecule has 2 aromatic carbocycles. The van der Waals surface area contributed by atoms with Gasteiger partial charge in [-0.05, 0) is 23.8 Å².